The van der Waals surface area contributed by atoms with Gasteiger partial charge in [0.2, 0.25) is 0 Å². The number of carbonyl (C=O) groups is 2. The molecule has 0 aromatic rings. The van der Waals surface area contributed by atoms with Crippen LogP contribution in [0.2, 0.25) is 0 Å². The van der Waals surface area contributed by atoms with Crippen molar-refractivity contribution in [2.45, 2.75) is 57.4 Å². The maximum absolute atomic E-state index is 12.0. The Bertz CT molecular complexity index is 365. The summed E-state index contributed by atoms with van der Waals surface area (Å²) in [7, 11) is 2.86. The lowest BCUT2D eigenvalue weighted by Crippen LogP contribution is -2.48. The van der Waals surface area contributed by atoms with Gasteiger partial charge in [0, 0.05) is 12.6 Å². The van der Waals surface area contributed by atoms with E-state index >= 15 is 0 Å². The second-order valence-corrected chi connectivity index (χ2v) is 6.30. The van der Waals surface area contributed by atoms with Crippen molar-refractivity contribution in [1.29, 1.82) is 0 Å². The summed E-state index contributed by atoms with van der Waals surface area (Å²) in [6.07, 6.45) is 8.49. The molecule has 1 saturated carbocycles. The molecule has 5 heteroatoms. The molecule has 5 nitrogen and oxygen atoms in total. The van der Waals surface area contributed by atoms with Crippen molar-refractivity contribution in [1.82, 2.24) is 4.90 Å². The Morgan fingerprint density at radius 2 is 1.76 bits per heavy atom. The van der Waals surface area contributed by atoms with Crippen molar-refractivity contribution in [3.05, 3.63) is 0 Å². The molecule has 2 unspecified atom stereocenters. The summed E-state index contributed by atoms with van der Waals surface area (Å²) in [6.45, 7) is 0.587. The number of methoxy groups -OCH3 is 2. The molecular formula is C16H27NO4. The van der Waals surface area contributed by atoms with Gasteiger partial charge in [0.05, 0.1) is 20.1 Å². The van der Waals surface area contributed by atoms with Gasteiger partial charge < -0.3 is 14.4 Å². The molecule has 1 heterocycles. The van der Waals surface area contributed by atoms with Crippen LogP contribution in [-0.4, -0.2) is 43.8 Å². The Labute approximate surface area is 127 Å². The third-order valence-electron chi connectivity index (χ3n) is 4.99. The van der Waals surface area contributed by atoms with E-state index < -0.39 is 0 Å². The maximum atomic E-state index is 12.0. The summed E-state index contributed by atoms with van der Waals surface area (Å²) in [5, 5.41) is 0. The van der Waals surface area contributed by atoms with Crippen LogP contribution in [0.4, 0.5) is 4.79 Å². The Kier molecular flexibility index (Phi) is 5.88. The number of esters is 1. The molecule has 2 rings (SSSR count). The van der Waals surface area contributed by atoms with Crippen LogP contribution in [0, 0.1) is 11.8 Å². The summed E-state index contributed by atoms with van der Waals surface area (Å²) >= 11 is 0. The van der Waals surface area contributed by atoms with Crippen LogP contribution >= 0.6 is 0 Å². The van der Waals surface area contributed by atoms with E-state index in [4.69, 9.17) is 9.47 Å². The Morgan fingerprint density at radius 1 is 1.05 bits per heavy atom. The number of amides is 1. The van der Waals surface area contributed by atoms with Crippen LogP contribution < -0.4 is 0 Å². The zero-order valence-electron chi connectivity index (χ0n) is 13.2. The summed E-state index contributed by atoms with van der Waals surface area (Å²) in [4.78, 5) is 25.6. The average Bonchev–Trinajstić information content (AvgIpc) is 2.54. The molecule has 1 amide bonds. The van der Waals surface area contributed by atoms with E-state index in [0.717, 1.165) is 6.42 Å². The molecule has 0 aromatic carbocycles. The maximum Gasteiger partial charge on any atom is 0.409 e. The third kappa shape index (κ3) is 4.11. The standard InChI is InChI=1S/C16H27NO4/c1-20-15(18)13-8-9-17(16(19)21-2)14(11-13)10-12-6-4-3-5-7-12/h12-14H,3-11H2,1-2H3. The Morgan fingerprint density at radius 3 is 2.38 bits per heavy atom. The van der Waals surface area contributed by atoms with Gasteiger partial charge >= 0.3 is 12.1 Å². The first-order valence-corrected chi connectivity index (χ1v) is 8.08. The van der Waals surface area contributed by atoms with Crippen molar-refractivity contribution >= 4 is 12.1 Å². The molecule has 0 radical (unpaired) electrons. The molecular weight excluding hydrogens is 270 g/mol. The normalized spacial score (nSPS) is 27.2. The van der Waals surface area contributed by atoms with Crippen molar-refractivity contribution in [2.75, 3.05) is 20.8 Å². The monoisotopic (exact) mass is 297 g/mol. The largest absolute Gasteiger partial charge is 0.469 e. The molecule has 120 valence electrons. The van der Waals surface area contributed by atoms with Gasteiger partial charge in [-0.2, -0.15) is 0 Å². The van der Waals surface area contributed by atoms with Crippen LogP contribution in [0.15, 0.2) is 0 Å². The molecule has 2 atom stereocenters. The summed E-state index contributed by atoms with van der Waals surface area (Å²) in [5.74, 6) is 0.449. The number of carbonyl (C=O) groups excluding carboxylic acids is 2. The fourth-order valence-corrected chi connectivity index (χ4v) is 3.82. The summed E-state index contributed by atoms with van der Waals surface area (Å²) in [5.41, 5.74) is 0. The lowest BCUT2D eigenvalue weighted by Gasteiger charge is -2.39. The number of rotatable bonds is 3. The predicted octanol–water partition coefficient (Wildman–Crippen LogP) is 2.98. The quantitative estimate of drug-likeness (QED) is 0.751. The SMILES string of the molecule is COC(=O)C1CCN(C(=O)OC)C(CC2CCCCC2)C1. The minimum Gasteiger partial charge on any atom is -0.469 e. The van der Waals surface area contributed by atoms with E-state index in [-0.39, 0.29) is 24.0 Å². The van der Waals surface area contributed by atoms with E-state index in [1.807, 2.05) is 4.90 Å². The van der Waals surface area contributed by atoms with Crippen molar-refractivity contribution in [3.63, 3.8) is 0 Å². The molecule has 1 saturated heterocycles. The number of likely N-dealkylation sites (tertiary alicyclic amines) is 1. The van der Waals surface area contributed by atoms with E-state index in [0.29, 0.717) is 25.3 Å². The molecule has 0 spiro atoms. The molecule has 2 aliphatic rings. The van der Waals surface area contributed by atoms with Crippen LogP contribution in [0.25, 0.3) is 0 Å². The number of hydrogen-bond donors (Lipinski definition) is 0. The molecule has 0 aromatic heterocycles. The van der Waals surface area contributed by atoms with Crippen molar-refractivity contribution in [3.8, 4) is 0 Å². The van der Waals surface area contributed by atoms with Crippen LogP contribution in [-0.2, 0) is 14.3 Å². The first kappa shape index (κ1) is 16.1. The topological polar surface area (TPSA) is 55.8 Å². The number of nitrogens with zero attached hydrogens (tertiary/aromatic N) is 1. The van der Waals surface area contributed by atoms with Gasteiger partial charge in [-0.05, 0) is 25.2 Å². The first-order chi connectivity index (χ1) is 10.2. The van der Waals surface area contributed by atoms with Crippen LogP contribution in [0.5, 0.6) is 0 Å². The highest BCUT2D eigenvalue weighted by Gasteiger charge is 2.36. The highest BCUT2D eigenvalue weighted by molar-refractivity contribution is 5.73. The second-order valence-electron chi connectivity index (χ2n) is 6.30. The summed E-state index contributed by atoms with van der Waals surface area (Å²) < 4.78 is 9.78. The third-order valence-corrected chi connectivity index (χ3v) is 4.99. The zero-order valence-corrected chi connectivity index (χ0v) is 13.2. The molecule has 0 bridgehead atoms. The highest BCUT2D eigenvalue weighted by atomic mass is 16.5. The average molecular weight is 297 g/mol. The minimum absolute atomic E-state index is 0.0792. The predicted molar refractivity (Wildman–Crippen MR) is 78.8 cm³/mol. The molecule has 21 heavy (non-hydrogen) atoms. The first-order valence-electron chi connectivity index (χ1n) is 8.08. The lowest BCUT2D eigenvalue weighted by molar-refractivity contribution is -0.147. The Hall–Kier alpha value is -1.26. The van der Waals surface area contributed by atoms with Gasteiger partial charge in [0.25, 0.3) is 0 Å². The molecule has 1 aliphatic carbocycles. The van der Waals surface area contributed by atoms with E-state index in [2.05, 4.69) is 0 Å². The number of piperidine rings is 1. The molecule has 2 fully saturated rings. The van der Waals surface area contributed by atoms with Gasteiger partial charge in [0.1, 0.15) is 0 Å². The lowest BCUT2D eigenvalue weighted by atomic mass is 9.80. The van der Waals surface area contributed by atoms with Crippen LogP contribution in [0.3, 0.4) is 0 Å². The number of ether oxygens (including phenoxy) is 2. The van der Waals surface area contributed by atoms with Gasteiger partial charge in [-0.15, -0.1) is 0 Å². The van der Waals surface area contributed by atoms with Gasteiger partial charge in [-0.1, -0.05) is 32.1 Å². The highest BCUT2D eigenvalue weighted by Crippen LogP contribution is 2.33. The Balaban J connectivity index is 2.01. The minimum atomic E-state index is -0.265. The number of hydrogen-bond acceptors (Lipinski definition) is 4. The van der Waals surface area contributed by atoms with Gasteiger partial charge in [-0.3, -0.25) is 4.79 Å². The molecule has 0 N–H and O–H groups in total. The van der Waals surface area contributed by atoms with E-state index in [1.165, 1.54) is 46.3 Å². The second kappa shape index (κ2) is 7.66. The van der Waals surface area contributed by atoms with Crippen LogP contribution in [0.1, 0.15) is 51.4 Å². The fraction of sp³-hybridized carbons (Fsp3) is 0.875. The fourth-order valence-electron chi connectivity index (χ4n) is 3.82. The van der Waals surface area contributed by atoms with E-state index in [9.17, 15) is 9.59 Å². The van der Waals surface area contributed by atoms with Gasteiger partial charge in [0.15, 0.2) is 0 Å². The zero-order chi connectivity index (χ0) is 15.2. The van der Waals surface area contributed by atoms with Crippen molar-refractivity contribution < 1.29 is 19.1 Å². The molecule has 1 aliphatic heterocycles. The van der Waals surface area contributed by atoms with Crippen molar-refractivity contribution in [2.24, 2.45) is 11.8 Å². The summed E-state index contributed by atoms with van der Waals surface area (Å²) in [6, 6.07) is 0.110. The van der Waals surface area contributed by atoms with Gasteiger partial charge in [-0.25, -0.2) is 4.79 Å². The smallest absolute Gasteiger partial charge is 0.409 e. The van der Waals surface area contributed by atoms with E-state index in [1.54, 1.807) is 0 Å².